The summed E-state index contributed by atoms with van der Waals surface area (Å²) in [7, 11) is 0. The highest BCUT2D eigenvalue weighted by Crippen LogP contribution is 2.16. The van der Waals surface area contributed by atoms with E-state index in [2.05, 4.69) is 10.2 Å². The summed E-state index contributed by atoms with van der Waals surface area (Å²) >= 11 is 0. The highest BCUT2D eigenvalue weighted by atomic mass is 16.6. The lowest BCUT2D eigenvalue weighted by atomic mass is 10.0. The van der Waals surface area contributed by atoms with Crippen molar-refractivity contribution in [2.75, 3.05) is 39.3 Å². The summed E-state index contributed by atoms with van der Waals surface area (Å²) in [4.78, 5) is 27.8. The normalized spacial score (nSPS) is 19.6. The molecular formula is C17H25N3O4. The van der Waals surface area contributed by atoms with Crippen LogP contribution in [0.25, 0.3) is 0 Å². The predicted molar refractivity (Wildman–Crippen MR) is 88.0 cm³/mol. The largest absolute Gasteiger partial charge is 0.466 e. The number of carbonyl (C=O) groups excluding carboxylic acids is 2. The molecule has 2 aliphatic heterocycles. The van der Waals surface area contributed by atoms with Gasteiger partial charge in [0.25, 0.3) is 5.91 Å². The number of hydrogen-bond donors (Lipinski definition) is 1. The Hall–Kier alpha value is -2.02. The zero-order valence-corrected chi connectivity index (χ0v) is 14.3. The van der Waals surface area contributed by atoms with Gasteiger partial charge in [-0.05, 0) is 32.8 Å². The Morgan fingerprint density at radius 3 is 2.58 bits per heavy atom. The van der Waals surface area contributed by atoms with Crippen molar-refractivity contribution in [3.8, 4) is 0 Å². The quantitative estimate of drug-likeness (QED) is 0.883. The number of nitrogens with one attached hydrogen (secondary N) is 1. The lowest BCUT2D eigenvalue weighted by molar-refractivity contribution is 0.0905. The standard InChI is InChI=1S/C17H25N3O4/c1-12-11-15(13(2)24-12)16(21)18-14-3-5-19(6-4-14)7-8-20-9-10-23-17(20)22/h11,14H,3-10H2,1-2H3,(H,18,21). The number of rotatable bonds is 5. The van der Waals surface area contributed by atoms with Crippen molar-refractivity contribution >= 4 is 12.0 Å². The molecule has 0 spiro atoms. The van der Waals surface area contributed by atoms with Crippen LogP contribution in [0.4, 0.5) is 4.79 Å². The molecule has 3 rings (SSSR count). The first-order valence-electron chi connectivity index (χ1n) is 8.55. The lowest BCUT2D eigenvalue weighted by Crippen LogP contribution is -2.46. The zero-order chi connectivity index (χ0) is 17.1. The van der Waals surface area contributed by atoms with Gasteiger partial charge in [-0.25, -0.2) is 4.79 Å². The van der Waals surface area contributed by atoms with E-state index in [1.165, 1.54) is 0 Å². The molecule has 2 saturated heterocycles. The van der Waals surface area contributed by atoms with Crippen LogP contribution in [0.1, 0.15) is 34.7 Å². The van der Waals surface area contributed by atoms with Gasteiger partial charge in [0.05, 0.1) is 12.1 Å². The van der Waals surface area contributed by atoms with E-state index in [4.69, 9.17) is 9.15 Å². The van der Waals surface area contributed by atoms with E-state index in [0.717, 1.165) is 38.2 Å². The number of likely N-dealkylation sites (tertiary alicyclic amines) is 1. The summed E-state index contributed by atoms with van der Waals surface area (Å²) < 4.78 is 10.4. The highest BCUT2D eigenvalue weighted by Gasteiger charge is 2.25. The topological polar surface area (TPSA) is 75.0 Å². The number of ether oxygens (including phenoxy) is 1. The Morgan fingerprint density at radius 2 is 2.00 bits per heavy atom. The third-order valence-corrected chi connectivity index (χ3v) is 4.74. The second-order valence-corrected chi connectivity index (χ2v) is 6.52. The summed E-state index contributed by atoms with van der Waals surface area (Å²) in [5.74, 6) is 1.37. The van der Waals surface area contributed by atoms with Crippen LogP contribution >= 0.6 is 0 Å². The maximum absolute atomic E-state index is 12.3. The minimum absolute atomic E-state index is 0.0531. The molecule has 0 bridgehead atoms. The summed E-state index contributed by atoms with van der Waals surface area (Å²) in [5.41, 5.74) is 0.627. The molecular weight excluding hydrogens is 310 g/mol. The Labute approximate surface area is 141 Å². The SMILES string of the molecule is Cc1cc(C(=O)NC2CCN(CCN3CCOC3=O)CC2)c(C)o1. The highest BCUT2D eigenvalue weighted by molar-refractivity contribution is 5.95. The van der Waals surface area contributed by atoms with E-state index >= 15 is 0 Å². The maximum atomic E-state index is 12.3. The maximum Gasteiger partial charge on any atom is 0.409 e. The van der Waals surface area contributed by atoms with Crippen molar-refractivity contribution in [3.05, 3.63) is 23.2 Å². The smallest absolute Gasteiger partial charge is 0.409 e. The fraction of sp³-hybridized carbons (Fsp3) is 0.647. The summed E-state index contributed by atoms with van der Waals surface area (Å²) in [6.45, 7) is 8.27. The van der Waals surface area contributed by atoms with Gasteiger partial charge < -0.3 is 24.3 Å². The monoisotopic (exact) mass is 335 g/mol. The molecule has 24 heavy (non-hydrogen) atoms. The van der Waals surface area contributed by atoms with Gasteiger partial charge in [0, 0.05) is 32.2 Å². The molecule has 2 amide bonds. The third-order valence-electron chi connectivity index (χ3n) is 4.74. The average molecular weight is 335 g/mol. The average Bonchev–Trinajstić information content (AvgIpc) is 3.11. The van der Waals surface area contributed by atoms with Gasteiger partial charge >= 0.3 is 6.09 Å². The van der Waals surface area contributed by atoms with E-state index in [1.54, 1.807) is 11.0 Å². The van der Waals surface area contributed by atoms with Crippen LogP contribution in [0, 0.1) is 13.8 Å². The Bertz CT molecular complexity index is 605. The molecule has 1 aromatic rings. The molecule has 132 valence electrons. The summed E-state index contributed by atoms with van der Waals surface area (Å²) in [6, 6.07) is 1.98. The van der Waals surface area contributed by atoms with Crippen LogP contribution in [0.3, 0.4) is 0 Å². The Kier molecular flexibility index (Phi) is 5.08. The molecule has 7 heteroatoms. The van der Waals surface area contributed by atoms with Gasteiger partial charge in [-0.2, -0.15) is 0 Å². The molecule has 3 heterocycles. The second kappa shape index (κ2) is 7.25. The van der Waals surface area contributed by atoms with Crippen LogP contribution in [0.2, 0.25) is 0 Å². The third kappa shape index (κ3) is 3.90. The molecule has 1 N–H and O–H groups in total. The first-order valence-corrected chi connectivity index (χ1v) is 8.55. The van der Waals surface area contributed by atoms with Gasteiger partial charge in [0.2, 0.25) is 0 Å². The number of aryl methyl sites for hydroxylation is 2. The van der Waals surface area contributed by atoms with Crippen LogP contribution in [0.5, 0.6) is 0 Å². The van der Waals surface area contributed by atoms with Crippen molar-refractivity contribution in [1.82, 2.24) is 15.1 Å². The van der Waals surface area contributed by atoms with E-state index in [-0.39, 0.29) is 18.0 Å². The van der Waals surface area contributed by atoms with Gasteiger partial charge in [-0.3, -0.25) is 4.79 Å². The zero-order valence-electron chi connectivity index (χ0n) is 14.3. The number of nitrogens with zero attached hydrogens (tertiary/aromatic N) is 2. The molecule has 0 aliphatic carbocycles. The van der Waals surface area contributed by atoms with Gasteiger partial charge in [-0.15, -0.1) is 0 Å². The molecule has 2 aliphatic rings. The number of piperidine rings is 1. The van der Waals surface area contributed by atoms with Crippen LogP contribution < -0.4 is 5.32 Å². The van der Waals surface area contributed by atoms with Crippen molar-refractivity contribution < 1.29 is 18.7 Å². The summed E-state index contributed by atoms with van der Waals surface area (Å²) in [6.07, 6.45) is 1.64. The van der Waals surface area contributed by atoms with Crippen molar-refractivity contribution in [2.45, 2.75) is 32.7 Å². The minimum atomic E-state index is -0.206. The Balaban J connectivity index is 1.41. The van der Waals surface area contributed by atoms with E-state index in [0.29, 0.717) is 31.0 Å². The first-order chi connectivity index (χ1) is 11.5. The number of carbonyl (C=O) groups is 2. The fourth-order valence-corrected chi connectivity index (χ4v) is 3.31. The van der Waals surface area contributed by atoms with Crippen molar-refractivity contribution in [1.29, 1.82) is 0 Å². The van der Waals surface area contributed by atoms with Gasteiger partial charge in [-0.1, -0.05) is 0 Å². The van der Waals surface area contributed by atoms with Crippen LogP contribution in [0.15, 0.2) is 10.5 Å². The van der Waals surface area contributed by atoms with Crippen LogP contribution in [-0.4, -0.2) is 67.2 Å². The molecule has 0 unspecified atom stereocenters. The molecule has 0 aromatic carbocycles. The molecule has 0 atom stereocenters. The predicted octanol–water partition coefficient (Wildman–Crippen LogP) is 1.54. The molecule has 0 saturated carbocycles. The van der Waals surface area contributed by atoms with Crippen molar-refractivity contribution in [3.63, 3.8) is 0 Å². The Morgan fingerprint density at radius 1 is 1.25 bits per heavy atom. The number of hydrogen-bond acceptors (Lipinski definition) is 5. The second-order valence-electron chi connectivity index (χ2n) is 6.52. The molecule has 7 nitrogen and oxygen atoms in total. The fourth-order valence-electron chi connectivity index (χ4n) is 3.31. The van der Waals surface area contributed by atoms with Crippen molar-refractivity contribution in [2.24, 2.45) is 0 Å². The van der Waals surface area contributed by atoms with E-state index in [9.17, 15) is 9.59 Å². The van der Waals surface area contributed by atoms with E-state index in [1.807, 2.05) is 13.8 Å². The number of cyclic esters (lactones) is 1. The first kappa shape index (κ1) is 16.8. The molecule has 1 aromatic heterocycles. The number of furan rings is 1. The van der Waals surface area contributed by atoms with Gasteiger partial charge in [0.15, 0.2) is 0 Å². The summed E-state index contributed by atoms with van der Waals surface area (Å²) in [5, 5.41) is 3.10. The van der Waals surface area contributed by atoms with E-state index < -0.39 is 0 Å². The minimum Gasteiger partial charge on any atom is -0.466 e. The number of amides is 2. The lowest BCUT2D eigenvalue weighted by Gasteiger charge is -2.33. The molecule has 2 fully saturated rings. The van der Waals surface area contributed by atoms with Crippen LogP contribution in [-0.2, 0) is 4.74 Å². The molecule has 0 radical (unpaired) electrons. The van der Waals surface area contributed by atoms with Gasteiger partial charge in [0.1, 0.15) is 18.1 Å².